The molecule has 6 heteroatoms. The maximum atomic E-state index is 12.7. The van der Waals surface area contributed by atoms with E-state index in [0.29, 0.717) is 6.61 Å². The second-order valence-electron chi connectivity index (χ2n) is 7.95. The van der Waals surface area contributed by atoms with Crippen LogP contribution >= 0.6 is 0 Å². The van der Waals surface area contributed by atoms with E-state index in [1.165, 1.54) is 5.56 Å². The lowest BCUT2D eigenvalue weighted by Crippen LogP contribution is -2.51. The smallest absolute Gasteiger partial charge is 0.309 e. The number of piperidine rings is 1. The highest BCUT2D eigenvalue weighted by Crippen LogP contribution is 2.21. The van der Waals surface area contributed by atoms with E-state index in [0.717, 1.165) is 52.0 Å². The monoisotopic (exact) mass is 387 g/mol. The summed E-state index contributed by atoms with van der Waals surface area (Å²) in [6.45, 7) is 8.62. The van der Waals surface area contributed by atoms with E-state index in [2.05, 4.69) is 39.4 Å². The average Bonchev–Trinajstić information content (AvgIpc) is 3.15. The Bertz CT molecular complexity index is 644. The van der Waals surface area contributed by atoms with Crippen molar-refractivity contribution in [1.82, 2.24) is 15.1 Å². The molecular weight excluding hydrogens is 354 g/mol. The molecule has 0 bridgehead atoms. The molecule has 2 aliphatic heterocycles. The molecule has 0 aromatic heterocycles. The van der Waals surface area contributed by atoms with Gasteiger partial charge in [0.2, 0.25) is 5.91 Å². The van der Waals surface area contributed by atoms with Crippen LogP contribution in [-0.2, 0) is 20.9 Å². The minimum atomic E-state index is -0.161. The first-order valence-electron chi connectivity index (χ1n) is 10.5. The van der Waals surface area contributed by atoms with Gasteiger partial charge in [-0.3, -0.25) is 19.4 Å². The summed E-state index contributed by atoms with van der Waals surface area (Å²) >= 11 is 0. The van der Waals surface area contributed by atoms with Gasteiger partial charge >= 0.3 is 5.97 Å². The summed E-state index contributed by atoms with van der Waals surface area (Å²) in [5, 5.41) is 3.23. The molecule has 0 aliphatic carbocycles. The molecule has 3 rings (SSSR count). The van der Waals surface area contributed by atoms with Crippen molar-refractivity contribution < 1.29 is 14.3 Å². The van der Waals surface area contributed by atoms with Crippen molar-refractivity contribution in [3.8, 4) is 0 Å². The number of hydrogen-bond donors (Lipinski definition) is 1. The molecule has 1 amide bonds. The van der Waals surface area contributed by atoms with E-state index in [1.807, 2.05) is 19.9 Å². The van der Waals surface area contributed by atoms with Crippen LogP contribution in [0, 0.1) is 5.92 Å². The summed E-state index contributed by atoms with van der Waals surface area (Å²) in [5.74, 6) is -0.0160. The van der Waals surface area contributed by atoms with Crippen LogP contribution in [0.3, 0.4) is 0 Å². The fraction of sp³-hybridized carbons (Fsp3) is 0.636. The minimum Gasteiger partial charge on any atom is -0.466 e. The van der Waals surface area contributed by atoms with Gasteiger partial charge in [-0.05, 0) is 51.8 Å². The van der Waals surface area contributed by atoms with Gasteiger partial charge in [0.1, 0.15) is 0 Å². The zero-order valence-corrected chi connectivity index (χ0v) is 17.1. The van der Waals surface area contributed by atoms with E-state index in [9.17, 15) is 9.59 Å². The van der Waals surface area contributed by atoms with Crippen molar-refractivity contribution in [1.29, 1.82) is 0 Å². The predicted molar refractivity (Wildman–Crippen MR) is 109 cm³/mol. The number of nitrogens with one attached hydrogen (secondary N) is 1. The standard InChI is InChI=1S/C22H33N3O3/c1-3-28-22(27)19-9-13-25(14-10-19)17(2)21(26)23-20-11-12-24(16-20)15-18-7-5-4-6-8-18/h4-8,17,19-20H,3,9-16H2,1-2H3,(H,23,26). The van der Waals surface area contributed by atoms with Gasteiger partial charge in [0.15, 0.2) is 0 Å². The molecule has 2 atom stereocenters. The number of rotatable bonds is 7. The van der Waals surface area contributed by atoms with Gasteiger partial charge in [0.05, 0.1) is 18.6 Å². The van der Waals surface area contributed by atoms with E-state index >= 15 is 0 Å². The Kier molecular flexibility index (Phi) is 7.45. The van der Waals surface area contributed by atoms with Crippen LogP contribution < -0.4 is 5.32 Å². The van der Waals surface area contributed by atoms with Crippen molar-refractivity contribution >= 4 is 11.9 Å². The van der Waals surface area contributed by atoms with Crippen molar-refractivity contribution in [2.24, 2.45) is 5.92 Å². The molecule has 0 saturated carbocycles. The zero-order valence-electron chi connectivity index (χ0n) is 17.1. The van der Waals surface area contributed by atoms with Gasteiger partial charge in [0, 0.05) is 25.7 Å². The Morgan fingerprint density at radius 2 is 1.86 bits per heavy atom. The Labute approximate surface area is 168 Å². The van der Waals surface area contributed by atoms with Crippen LogP contribution in [0.2, 0.25) is 0 Å². The van der Waals surface area contributed by atoms with Crippen LogP contribution in [0.15, 0.2) is 30.3 Å². The Balaban J connectivity index is 1.41. The highest BCUT2D eigenvalue weighted by Gasteiger charge is 2.32. The summed E-state index contributed by atoms with van der Waals surface area (Å²) in [6, 6.07) is 10.5. The third-order valence-corrected chi connectivity index (χ3v) is 5.94. The number of esters is 1. The second-order valence-corrected chi connectivity index (χ2v) is 7.95. The molecule has 28 heavy (non-hydrogen) atoms. The Morgan fingerprint density at radius 3 is 2.54 bits per heavy atom. The average molecular weight is 388 g/mol. The summed E-state index contributed by atoms with van der Waals surface area (Å²) in [6.07, 6.45) is 2.53. The summed E-state index contributed by atoms with van der Waals surface area (Å²) in [4.78, 5) is 29.2. The molecule has 2 fully saturated rings. The molecule has 2 unspecified atom stereocenters. The number of nitrogens with zero attached hydrogens (tertiary/aromatic N) is 2. The highest BCUT2D eigenvalue weighted by molar-refractivity contribution is 5.81. The molecule has 6 nitrogen and oxygen atoms in total. The van der Waals surface area contributed by atoms with Crippen LogP contribution in [-0.4, -0.2) is 66.5 Å². The first-order valence-corrected chi connectivity index (χ1v) is 10.5. The van der Waals surface area contributed by atoms with Gasteiger partial charge in [-0.15, -0.1) is 0 Å². The normalized spacial score (nSPS) is 22.7. The SMILES string of the molecule is CCOC(=O)C1CCN(C(C)C(=O)NC2CCN(Cc3ccccc3)C2)CC1. The number of hydrogen-bond acceptors (Lipinski definition) is 5. The lowest BCUT2D eigenvalue weighted by atomic mass is 9.96. The lowest BCUT2D eigenvalue weighted by molar-refractivity contribution is -0.149. The highest BCUT2D eigenvalue weighted by atomic mass is 16.5. The molecule has 0 radical (unpaired) electrons. The Hall–Kier alpha value is -1.92. The van der Waals surface area contributed by atoms with E-state index in [4.69, 9.17) is 4.74 Å². The van der Waals surface area contributed by atoms with Crippen LogP contribution in [0.4, 0.5) is 0 Å². The fourth-order valence-electron chi connectivity index (χ4n) is 4.21. The second kappa shape index (κ2) is 10.0. The van der Waals surface area contributed by atoms with E-state index in [-0.39, 0.29) is 29.9 Å². The molecule has 1 N–H and O–H groups in total. The minimum absolute atomic E-state index is 0.0205. The molecule has 154 valence electrons. The quantitative estimate of drug-likeness (QED) is 0.726. The number of amides is 1. The van der Waals surface area contributed by atoms with Gasteiger partial charge in [-0.25, -0.2) is 0 Å². The summed E-state index contributed by atoms with van der Waals surface area (Å²) in [5.41, 5.74) is 1.31. The number of benzene rings is 1. The molecular formula is C22H33N3O3. The first kappa shape index (κ1) is 20.8. The maximum absolute atomic E-state index is 12.7. The van der Waals surface area contributed by atoms with Gasteiger partial charge in [-0.1, -0.05) is 30.3 Å². The summed E-state index contributed by atoms with van der Waals surface area (Å²) < 4.78 is 5.12. The van der Waals surface area contributed by atoms with Crippen LogP contribution in [0.5, 0.6) is 0 Å². The zero-order chi connectivity index (χ0) is 19.9. The largest absolute Gasteiger partial charge is 0.466 e. The topological polar surface area (TPSA) is 61.9 Å². The summed E-state index contributed by atoms with van der Waals surface area (Å²) in [7, 11) is 0. The lowest BCUT2D eigenvalue weighted by Gasteiger charge is -2.34. The van der Waals surface area contributed by atoms with Gasteiger partial charge < -0.3 is 10.1 Å². The molecule has 2 heterocycles. The molecule has 2 aliphatic rings. The van der Waals surface area contributed by atoms with Crippen LogP contribution in [0.25, 0.3) is 0 Å². The molecule has 1 aromatic rings. The first-order chi connectivity index (χ1) is 13.6. The molecule has 1 aromatic carbocycles. The van der Waals surface area contributed by atoms with E-state index in [1.54, 1.807) is 0 Å². The molecule has 0 spiro atoms. The number of carbonyl (C=O) groups is 2. The van der Waals surface area contributed by atoms with Crippen molar-refractivity contribution in [2.45, 2.75) is 51.7 Å². The fourth-order valence-corrected chi connectivity index (χ4v) is 4.21. The van der Waals surface area contributed by atoms with Crippen molar-refractivity contribution in [2.75, 3.05) is 32.8 Å². The van der Waals surface area contributed by atoms with E-state index < -0.39 is 0 Å². The van der Waals surface area contributed by atoms with Crippen molar-refractivity contribution in [3.05, 3.63) is 35.9 Å². The number of ether oxygens (including phenoxy) is 1. The third kappa shape index (κ3) is 5.55. The van der Waals surface area contributed by atoms with Gasteiger partial charge in [0.25, 0.3) is 0 Å². The van der Waals surface area contributed by atoms with Gasteiger partial charge in [-0.2, -0.15) is 0 Å². The third-order valence-electron chi connectivity index (χ3n) is 5.94. The molecule has 2 saturated heterocycles. The Morgan fingerprint density at radius 1 is 1.14 bits per heavy atom. The maximum Gasteiger partial charge on any atom is 0.309 e. The predicted octanol–water partition coefficient (Wildman–Crippen LogP) is 2.04. The van der Waals surface area contributed by atoms with Crippen LogP contribution in [0.1, 0.15) is 38.7 Å². The number of likely N-dealkylation sites (tertiary alicyclic amines) is 2. The number of carbonyl (C=O) groups excluding carboxylic acids is 2. The van der Waals surface area contributed by atoms with Crippen molar-refractivity contribution in [3.63, 3.8) is 0 Å².